The number of anilines is 1. The van der Waals surface area contributed by atoms with Gasteiger partial charge in [0.1, 0.15) is 6.04 Å². The lowest BCUT2D eigenvalue weighted by Crippen LogP contribution is -2.40. The molecule has 0 aromatic heterocycles. The molecule has 2 N–H and O–H groups in total. The van der Waals surface area contributed by atoms with Gasteiger partial charge in [0.2, 0.25) is 0 Å². The number of nitro groups is 1. The average Bonchev–Trinajstić information content (AvgIpc) is 2.75. The summed E-state index contributed by atoms with van der Waals surface area (Å²) < 4.78 is 4.79. The Morgan fingerprint density at radius 2 is 2.11 bits per heavy atom. The van der Waals surface area contributed by atoms with Crippen molar-refractivity contribution in [3.8, 4) is 0 Å². The fourth-order valence-electron chi connectivity index (χ4n) is 1.62. The number of carbonyl (C=O) groups excluding carboxylic acids is 1. The fourth-order valence-corrected chi connectivity index (χ4v) is 1.88. The molecule has 8 heteroatoms. The number of hydrogen-bond donors (Lipinski definition) is 2. The van der Waals surface area contributed by atoms with Crippen LogP contribution in [0.15, 0.2) is 24.3 Å². The first-order valence-electron chi connectivity index (χ1n) is 5.55. The van der Waals surface area contributed by atoms with Crippen molar-refractivity contribution in [3.63, 3.8) is 0 Å². The molecule has 2 rings (SSSR count). The second-order valence-corrected chi connectivity index (χ2v) is 4.32. The van der Waals surface area contributed by atoms with E-state index in [1.54, 1.807) is 12.1 Å². The second kappa shape index (κ2) is 5.61. The van der Waals surface area contributed by atoms with Crippen LogP contribution >= 0.6 is 12.2 Å². The van der Waals surface area contributed by atoms with Gasteiger partial charge < -0.3 is 15.4 Å². The largest absolute Gasteiger partial charge is 0.464 e. The predicted octanol–water partition coefficient (Wildman–Crippen LogP) is 1.20. The standard InChI is InChI=1S/C11H11N3O4S/c15-10-9(5-6-18-10)13-11(19)12-7-1-3-8(4-2-7)14(16)17/h1-4,9H,5-6H2,(H2,12,13,19)/t9-/m0/s1. The van der Waals surface area contributed by atoms with Crippen molar-refractivity contribution in [2.24, 2.45) is 0 Å². The molecule has 0 unspecified atom stereocenters. The zero-order chi connectivity index (χ0) is 13.8. The van der Waals surface area contributed by atoms with Gasteiger partial charge in [-0.1, -0.05) is 0 Å². The molecular formula is C11H11N3O4S. The lowest BCUT2D eigenvalue weighted by molar-refractivity contribution is -0.384. The van der Waals surface area contributed by atoms with Gasteiger partial charge in [-0.25, -0.2) is 4.79 Å². The number of benzene rings is 1. The zero-order valence-electron chi connectivity index (χ0n) is 9.79. The van der Waals surface area contributed by atoms with Crippen molar-refractivity contribution >= 4 is 34.7 Å². The summed E-state index contributed by atoms with van der Waals surface area (Å²) in [7, 11) is 0. The molecule has 100 valence electrons. The van der Waals surface area contributed by atoms with E-state index in [9.17, 15) is 14.9 Å². The quantitative estimate of drug-likeness (QED) is 0.372. The maximum absolute atomic E-state index is 11.2. The minimum atomic E-state index is -0.477. The van der Waals surface area contributed by atoms with Crippen LogP contribution in [0.1, 0.15) is 6.42 Å². The van der Waals surface area contributed by atoms with Crippen LogP contribution in [0.2, 0.25) is 0 Å². The number of nitro benzene ring substituents is 1. The first-order valence-corrected chi connectivity index (χ1v) is 5.96. The number of nitrogens with one attached hydrogen (secondary N) is 2. The Balaban J connectivity index is 1.91. The topological polar surface area (TPSA) is 93.5 Å². The van der Waals surface area contributed by atoms with Crippen molar-refractivity contribution < 1.29 is 14.5 Å². The number of esters is 1. The predicted molar refractivity (Wildman–Crippen MR) is 71.8 cm³/mol. The normalized spacial score (nSPS) is 17.7. The molecule has 0 amide bonds. The van der Waals surface area contributed by atoms with Crippen LogP contribution in [-0.4, -0.2) is 28.7 Å². The summed E-state index contributed by atoms with van der Waals surface area (Å²) in [4.78, 5) is 21.3. The third-order valence-electron chi connectivity index (χ3n) is 2.58. The van der Waals surface area contributed by atoms with Gasteiger partial charge in [0, 0.05) is 24.2 Å². The average molecular weight is 281 g/mol. The molecule has 1 aliphatic rings. The van der Waals surface area contributed by atoms with Crippen molar-refractivity contribution in [2.75, 3.05) is 11.9 Å². The second-order valence-electron chi connectivity index (χ2n) is 3.91. The van der Waals surface area contributed by atoms with Gasteiger partial charge in [0.05, 0.1) is 11.5 Å². The molecule has 0 spiro atoms. The van der Waals surface area contributed by atoms with E-state index in [1.165, 1.54) is 12.1 Å². The SMILES string of the molecule is O=C1OCC[C@@H]1NC(=S)Nc1ccc([N+](=O)[O-])cc1. The maximum Gasteiger partial charge on any atom is 0.328 e. The van der Waals surface area contributed by atoms with Gasteiger partial charge in [-0.2, -0.15) is 0 Å². The number of nitrogens with zero attached hydrogens (tertiary/aromatic N) is 1. The minimum Gasteiger partial charge on any atom is -0.464 e. The Labute approximate surface area is 114 Å². The summed E-state index contributed by atoms with van der Waals surface area (Å²) in [6.45, 7) is 0.386. The van der Waals surface area contributed by atoms with E-state index >= 15 is 0 Å². The van der Waals surface area contributed by atoms with Gasteiger partial charge in [-0.05, 0) is 24.4 Å². The van der Waals surface area contributed by atoms with E-state index in [2.05, 4.69) is 10.6 Å². The summed E-state index contributed by atoms with van der Waals surface area (Å²) in [5.74, 6) is -0.326. The maximum atomic E-state index is 11.2. The van der Waals surface area contributed by atoms with Gasteiger partial charge in [0.25, 0.3) is 5.69 Å². The molecule has 7 nitrogen and oxygen atoms in total. The van der Waals surface area contributed by atoms with Gasteiger partial charge in [-0.3, -0.25) is 10.1 Å². The summed E-state index contributed by atoms with van der Waals surface area (Å²) in [6.07, 6.45) is 0.570. The highest BCUT2D eigenvalue weighted by Crippen LogP contribution is 2.15. The molecule has 1 aromatic carbocycles. The highest BCUT2D eigenvalue weighted by Gasteiger charge is 2.26. The number of rotatable bonds is 3. The van der Waals surface area contributed by atoms with Crippen LogP contribution in [0, 0.1) is 10.1 Å². The Kier molecular flexibility index (Phi) is 3.91. The molecule has 1 fully saturated rings. The third-order valence-corrected chi connectivity index (χ3v) is 2.80. The number of hydrogen-bond acceptors (Lipinski definition) is 5. The smallest absolute Gasteiger partial charge is 0.328 e. The van der Waals surface area contributed by atoms with Crippen LogP contribution in [0.5, 0.6) is 0 Å². The summed E-state index contributed by atoms with van der Waals surface area (Å²) in [5.41, 5.74) is 0.610. The molecule has 0 saturated carbocycles. The molecular weight excluding hydrogens is 270 g/mol. The zero-order valence-corrected chi connectivity index (χ0v) is 10.6. The third kappa shape index (κ3) is 3.38. The molecule has 1 aromatic rings. The number of non-ortho nitro benzene ring substituents is 1. The highest BCUT2D eigenvalue weighted by molar-refractivity contribution is 7.80. The molecule has 1 atom stereocenters. The van der Waals surface area contributed by atoms with Crippen LogP contribution in [0.3, 0.4) is 0 Å². The Morgan fingerprint density at radius 1 is 1.42 bits per heavy atom. The molecule has 19 heavy (non-hydrogen) atoms. The molecule has 1 saturated heterocycles. The molecule has 1 heterocycles. The van der Waals surface area contributed by atoms with Crippen LogP contribution in [0.4, 0.5) is 11.4 Å². The van der Waals surface area contributed by atoms with E-state index < -0.39 is 11.0 Å². The van der Waals surface area contributed by atoms with E-state index in [-0.39, 0.29) is 16.8 Å². The van der Waals surface area contributed by atoms with Crippen LogP contribution < -0.4 is 10.6 Å². The Hall–Kier alpha value is -2.22. The van der Waals surface area contributed by atoms with Gasteiger partial charge in [-0.15, -0.1) is 0 Å². The first-order chi connectivity index (χ1) is 9.06. The molecule has 0 aliphatic carbocycles. The lowest BCUT2D eigenvalue weighted by Gasteiger charge is -2.13. The number of cyclic esters (lactones) is 1. The molecule has 0 bridgehead atoms. The van der Waals surface area contributed by atoms with E-state index in [0.29, 0.717) is 18.7 Å². The highest BCUT2D eigenvalue weighted by atomic mass is 32.1. The minimum absolute atomic E-state index is 0.00352. The number of carbonyl (C=O) groups is 1. The van der Waals surface area contributed by atoms with E-state index in [1.807, 2.05) is 0 Å². The number of ether oxygens (including phenoxy) is 1. The van der Waals surface area contributed by atoms with Gasteiger partial charge in [0.15, 0.2) is 5.11 Å². The van der Waals surface area contributed by atoms with Crippen LogP contribution in [-0.2, 0) is 9.53 Å². The van der Waals surface area contributed by atoms with Crippen molar-refractivity contribution in [1.82, 2.24) is 5.32 Å². The monoisotopic (exact) mass is 281 g/mol. The van der Waals surface area contributed by atoms with Crippen molar-refractivity contribution in [3.05, 3.63) is 34.4 Å². The van der Waals surface area contributed by atoms with E-state index in [0.717, 1.165) is 0 Å². The lowest BCUT2D eigenvalue weighted by atomic mass is 10.2. The van der Waals surface area contributed by atoms with Crippen molar-refractivity contribution in [2.45, 2.75) is 12.5 Å². The summed E-state index contributed by atoms with van der Waals surface area (Å²) in [5, 5.41) is 16.4. The fraction of sp³-hybridized carbons (Fsp3) is 0.273. The Bertz CT molecular complexity index is 517. The van der Waals surface area contributed by atoms with Crippen LogP contribution in [0.25, 0.3) is 0 Å². The summed E-state index contributed by atoms with van der Waals surface area (Å²) in [6, 6.07) is 5.39. The summed E-state index contributed by atoms with van der Waals surface area (Å²) >= 11 is 5.05. The van der Waals surface area contributed by atoms with Gasteiger partial charge >= 0.3 is 5.97 Å². The molecule has 1 aliphatic heterocycles. The van der Waals surface area contributed by atoms with Crippen molar-refractivity contribution in [1.29, 1.82) is 0 Å². The number of thiocarbonyl (C=S) groups is 1. The first kappa shape index (κ1) is 13.2. The molecule has 0 radical (unpaired) electrons. The van der Waals surface area contributed by atoms with E-state index in [4.69, 9.17) is 17.0 Å². The Morgan fingerprint density at radius 3 is 2.63 bits per heavy atom.